The van der Waals surface area contributed by atoms with Crippen molar-refractivity contribution in [3.8, 4) is 5.75 Å². The van der Waals surface area contributed by atoms with Gasteiger partial charge in [-0.2, -0.15) is 9.67 Å². The fourth-order valence-electron chi connectivity index (χ4n) is 3.80. The molecular formula is C19H23N5O4. The number of rotatable bonds is 5. The van der Waals surface area contributed by atoms with E-state index in [2.05, 4.69) is 10.4 Å². The van der Waals surface area contributed by atoms with Crippen LogP contribution in [0.3, 0.4) is 0 Å². The SMILES string of the molecule is COc1ccc(N2Cc3nn(CC(=O)NC4CCCCC4)c(=O)n3C2=O)cc1. The monoisotopic (exact) mass is 385 g/mol. The average molecular weight is 385 g/mol. The highest BCUT2D eigenvalue weighted by Gasteiger charge is 2.33. The van der Waals surface area contributed by atoms with Crippen LogP contribution in [-0.4, -0.2) is 39.4 Å². The van der Waals surface area contributed by atoms with Crippen molar-refractivity contribution in [3.63, 3.8) is 0 Å². The molecule has 2 amide bonds. The molecule has 28 heavy (non-hydrogen) atoms. The van der Waals surface area contributed by atoms with Crippen molar-refractivity contribution in [1.29, 1.82) is 0 Å². The number of nitrogens with zero attached hydrogens (tertiary/aromatic N) is 4. The molecule has 1 fully saturated rings. The molecule has 0 radical (unpaired) electrons. The van der Waals surface area contributed by atoms with Crippen LogP contribution in [0.5, 0.6) is 5.75 Å². The summed E-state index contributed by atoms with van der Waals surface area (Å²) in [5.74, 6) is 0.765. The molecule has 2 heterocycles. The molecule has 1 saturated carbocycles. The summed E-state index contributed by atoms with van der Waals surface area (Å²) in [5, 5.41) is 7.16. The van der Waals surface area contributed by atoms with Gasteiger partial charge in [-0.25, -0.2) is 14.3 Å². The summed E-state index contributed by atoms with van der Waals surface area (Å²) >= 11 is 0. The van der Waals surface area contributed by atoms with Gasteiger partial charge in [0, 0.05) is 11.7 Å². The van der Waals surface area contributed by atoms with E-state index in [1.807, 2.05) is 0 Å². The molecule has 4 rings (SSSR count). The maximum Gasteiger partial charge on any atom is 0.354 e. The van der Waals surface area contributed by atoms with E-state index in [-0.39, 0.29) is 25.0 Å². The summed E-state index contributed by atoms with van der Waals surface area (Å²) in [6.45, 7) is 0.00277. The molecule has 1 aromatic carbocycles. The summed E-state index contributed by atoms with van der Waals surface area (Å²) in [6.07, 6.45) is 5.36. The third-order valence-corrected chi connectivity index (χ3v) is 5.28. The van der Waals surface area contributed by atoms with Crippen LogP contribution in [-0.2, 0) is 17.9 Å². The minimum absolute atomic E-state index is 0.165. The van der Waals surface area contributed by atoms with Crippen molar-refractivity contribution in [3.05, 3.63) is 40.6 Å². The molecule has 2 aliphatic rings. The molecule has 0 spiro atoms. The molecular weight excluding hydrogens is 362 g/mol. The Morgan fingerprint density at radius 3 is 2.54 bits per heavy atom. The first-order chi connectivity index (χ1) is 13.6. The van der Waals surface area contributed by atoms with Gasteiger partial charge in [0.05, 0.1) is 13.7 Å². The van der Waals surface area contributed by atoms with Gasteiger partial charge in [0.25, 0.3) is 0 Å². The largest absolute Gasteiger partial charge is 0.497 e. The maximum atomic E-state index is 12.7. The molecule has 2 aromatic rings. The number of ether oxygens (including phenoxy) is 1. The number of hydrogen-bond acceptors (Lipinski definition) is 5. The molecule has 0 atom stereocenters. The second-order valence-corrected chi connectivity index (χ2v) is 7.16. The summed E-state index contributed by atoms with van der Waals surface area (Å²) in [4.78, 5) is 39.0. The molecule has 0 saturated heterocycles. The van der Waals surface area contributed by atoms with E-state index >= 15 is 0 Å². The van der Waals surface area contributed by atoms with Crippen molar-refractivity contribution < 1.29 is 14.3 Å². The number of carbonyl (C=O) groups excluding carboxylic acids is 2. The van der Waals surface area contributed by atoms with E-state index in [0.717, 1.165) is 34.9 Å². The number of fused-ring (bicyclic) bond motifs is 1. The van der Waals surface area contributed by atoms with E-state index in [0.29, 0.717) is 17.3 Å². The zero-order chi connectivity index (χ0) is 19.7. The first kappa shape index (κ1) is 18.3. The molecule has 0 unspecified atom stereocenters. The van der Waals surface area contributed by atoms with E-state index in [9.17, 15) is 14.4 Å². The number of benzene rings is 1. The van der Waals surface area contributed by atoms with Gasteiger partial charge >= 0.3 is 11.7 Å². The van der Waals surface area contributed by atoms with E-state index in [1.165, 1.54) is 11.3 Å². The predicted octanol–water partition coefficient (Wildman–Crippen LogP) is 1.49. The highest BCUT2D eigenvalue weighted by molar-refractivity contribution is 5.96. The number of hydrogen-bond donors (Lipinski definition) is 1. The van der Waals surface area contributed by atoms with Gasteiger partial charge in [-0.1, -0.05) is 19.3 Å². The van der Waals surface area contributed by atoms with Crippen molar-refractivity contribution in [1.82, 2.24) is 19.7 Å². The van der Waals surface area contributed by atoms with Crippen LogP contribution in [0.4, 0.5) is 10.5 Å². The van der Waals surface area contributed by atoms with Gasteiger partial charge in [-0.3, -0.25) is 9.69 Å². The lowest BCUT2D eigenvalue weighted by Crippen LogP contribution is -2.41. The van der Waals surface area contributed by atoms with Gasteiger partial charge in [-0.15, -0.1) is 0 Å². The zero-order valence-corrected chi connectivity index (χ0v) is 15.8. The third-order valence-electron chi connectivity index (χ3n) is 5.28. The topological polar surface area (TPSA) is 98.5 Å². The highest BCUT2D eigenvalue weighted by atomic mass is 16.5. The first-order valence-corrected chi connectivity index (χ1v) is 9.51. The second-order valence-electron chi connectivity index (χ2n) is 7.16. The molecule has 9 nitrogen and oxygen atoms in total. The molecule has 9 heteroatoms. The summed E-state index contributed by atoms with van der Waals surface area (Å²) in [6, 6.07) is 6.69. The van der Waals surface area contributed by atoms with Crippen LogP contribution in [0.1, 0.15) is 37.9 Å². The Bertz CT molecular complexity index is 940. The van der Waals surface area contributed by atoms with Crippen molar-refractivity contribution in [2.75, 3.05) is 12.0 Å². The summed E-state index contributed by atoms with van der Waals surface area (Å²) in [5.41, 5.74) is 0.0621. The third kappa shape index (κ3) is 3.39. The van der Waals surface area contributed by atoms with Crippen LogP contribution in [0.25, 0.3) is 0 Å². The molecule has 0 bridgehead atoms. The number of nitrogens with one attached hydrogen (secondary N) is 1. The van der Waals surface area contributed by atoms with E-state index in [4.69, 9.17) is 4.74 Å². The van der Waals surface area contributed by atoms with Crippen molar-refractivity contribution in [2.24, 2.45) is 0 Å². The molecule has 1 aliphatic heterocycles. The van der Waals surface area contributed by atoms with Gasteiger partial charge in [0.2, 0.25) is 5.91 Å². The Labute approximate surface area is 161 Å². The standard InChI is InChI=1S/C19H23N5O4/c1-28-15-9-7-14(8-10-15)22-11-16-21-23(19(27)24(16)18(22)26)12-17(25)20-13-5-3-2-4-6-13/h7-10,13H,2-6,11-12H2,1H3,(H,20,25). The maximum absolute atomic E-state index is 12.7. The Morgan fingerprint density at radius 2 is 1.89 bits per heavy atom. The normalized spacial score (nSPS) is 16.9. The Balaban J connectivity index is 1.46. The lowest BCUT2D eigenvalue weighted by Gasteiger charge is -2.22. The quantitative estimate of drug-likeness (QED) is 0.841. The predicted molar refractivity (Wildman–Crippen MR) is 101 cm³/mol. The molecule has 148 valence electrons. The van der Waals surface area contributed by atoms with Crippen LogP contribution in [0.15, 0.2) is 29.1 Å². The van der Waals surface area contributed by atoms with Crippen molar-refractivity contribution in [2.45, 2.75) is 51.2 Å². The lowest BCUT2D eigenvalue weighted by molar-refractivity contribution is -0.122. The van der Waals surface area contributed by atoms with Crippen LogP contribution >= 0.6 is 0 Å². The summed E-state index contributed by atoms with van der Waals surface area (Å²) < 4.78 is 7.21. The summed E-state index contributed by atoms with van der Waals surface area (Å²) in [7, 11) is 1.57. The smallest absolute Gasteiger partial charge is 0.354 e. The van der Waals surface area contributed by atoms with E-state index < -0.39 is 11.7 Å². The Hall–Kier alpha value is -3.10. The second kappa shape index (κ2) is 7.49. The fourth-order valence-corrected chi connectivity index (χ4v) is 3.80. The number of methoxy groups -OCH3 is 1. The zero-order valence-electron chi connectivity index (χ0n) is 15.8. The minimum Gasteiger partial charge on any atom is -0.497 e. The van der Waals surface area contributed by atoms with Gasteiger partial charge in [0.15, 0.2) is 5.82 Å². The number of amides is 2. The molecule has 1 aliphatic carbocycles. The first-order valence-electron chi connectivity index (χ1n) is 9.51. The minimum atomic E-state index is -0.588. The van der Waals surface area contributed by atoms with Gasteiger partial charge < -0.3 is 10.1 Å². The lowest BCUT2D eigenvalue weighted by atomic mass is 9.95. The fraction of sp³-hybridized carbons (Fsp3) is 0.474. The van der Waals surface area contributed by atoms with Gasteiger partial charge in [-0.05, 0) is 37.1 Å². The number of anilines is 1. The van der Waals surface area contributed by atoms with Crippen LogP contribution in [0.2, 0.25) is 0 Å². The van der Waals surface area contributed by atoms with Gasteiger partial charge in [0.1, 0.15) is 12.3 Å². The Kier molecular flexibility index (Phi) is 4.89. The Morgan fingerprint density at radius 1 is 1.18 bits per heavy atom. The van der Waals surface area contributed by atoms with Crippen LogP contribution < -0.4 is 20.6 Å². The van der Waals surface area contributed by atoms with Crippen LogP contribution in [0, 0.1) is 0 Å². The van der Waals surface area contributed by atoms with Crippen molar-refractivity contribution >= 4 is 17.6 Å². The van der Waals surface area contributed by atoms with E-state index in [1.54, 1.807) is 31.4 Å². The molecule has 1 N–H and O–H groups in total. The molecule has 1 aromatic heterocycles. The average Bonchev–Trinajstić information content (AvgIpc) is 3.19. The number of carbonyl (C=O) groups is 2. The number of aromatic nitrogens is 3. The highest BCUT2D eigenvalue weighted by Crippen LogP contribution is 2.24.